The molecule has 5 nitrogen and oxygen atoms in total. The number of rotatable bonds is 6. The van der Waals surface area contributed by atoms with E-state index in [1.165, 1.54) is 11.3 Å². The van der Waals surface area contributed by atoms with E-state index in [-0.39, 0.29) is 17.9 Å². The molecule has 2 heterocycles. The lowest BCUT2D eigenvalue weighted by atomic mass is 9.83. The van der Waals surface area contributed by atoms with Crippen LogP contribution in [-0.2, 0) is 7.05 Å². The zero-order valence-electron chi connectivity index (χ0n) is 13.1. The summed E-state index contributed by atoms with van der Waals surface area (Å²) in [7, 11) is 1.89. The van der Waals surface area contributed by atoms with Crippen molar-refractivity contribution >= 4 is 27.5 Å². The topological polar surface area (TPSA) is 67.2 Å². The van der Waals surface area contributed by atoms with Crippen molar-refractivity contribution in [1.29, 1.82) is 0 Å². The third-order valence-electron chi connectivity index (χ3n) is 4.38. The van der Waals surface area contributed by atoms with Crippen LogP contribution in [0.1, 0.15) is 42.1 Å². The molecule has 0 bridgehead atoms. The highest BCUT2D eigenvalue weighted by atomic mass is 32.1. The first-order chi connectivity index (χ1) is 9.96. The Kier molecular flexibility index (Phi) is 4.68. The molecule has 0 atom stereocenters. The first-order valence-electron chi connectivity index (χ1n) is 7.28. The van der Waals surface area contributed by atoms with E-state index in [0.717, 1.165) is 28.8 Å². The van der Waals surface area contributed by atoms with Gasteiger partial charge in [0.25, 0.3) is 5.91 Å². The van der Waals surface area contributed by atoms with Crippen LogP contribution in [-0.4, -0.2) is 33.9 Å². The number of aryl methyl sites for hydroxylation is 2. The molecule has 0 aliphatic carbocycles. The summed E-state index contributed by atoms with van der Waals surface area (Å²) in [5, 5.41) is 17.9. The van der Waals surface area contributed by atoms with E-state index in [9.17, 15) is 9.90 Å². The number of amides is 1. The summed E-state index contributed by atoms with van der Waals surface area (Å²) < 4.78 is 1.81. The van der Waals surface area contributed by atoms with Gasteiger partial charge in [0.2, 0.25) is 0 Å². The van der Waals surface area contributed by atoms with Crippen LogP contribution >= 0.6 is 11.3 Å². The molecular weight excluding hydrogens is 286 g/mol. The van der Waals surface area contributed by atoms with Gasteiger partial charge in [0.05, 0.1) is 17.2 Å². The molecule has 0 fully saturated rings. The van der Waals surface area contributed by atoms with Crippen LogP contribution in [0.5, 0.6) is 0 Å². The molecule has 0 spiro atoms. The number of nitrogens with one attached hydrogen (secondary N) is 1. The number of carbonyl (C=O) groups is 1. The second kappa shape index (κ2) is 6.15. The molecule has 1 amide bonds. The molecular formula is C15H23N3O2S. The molecule has 2 aromatic heterocycles. The summed E-state index contributed by atoms with van der Waals surface area (Å²) in [5.74, 6) is -0.0738. The van der Waals surface area contributed by atoms with Crippen molar-refractivity contribution in [1.82, 2.24) is 15.1 Å². The third-order valence-corrected chi connectivity index (χ3v) is 5.58. The quantitative estimate of drug-likeness (QED) is 0.861. The molecule has 116 valence electrons. The van der Waals surface area contributed by atoms with E-state index < -0.39 is 0 Å². The Labute approximate surface area is 129 Å². The summed E-state index contributed by atoms with van der Waals surface area (Å²) >= 11 is 1.45. The highest BCUT2D eigenvalue weighted by Crippen LogP contribution is 2.28. The zero-order chi connectivity index (χ0) is 15.6. The maximum absolute atomic E-state index is 12.3. The van der Waals surface area contributed by atoms with Crippen LogP contribution in [0.2, 0.25) is 0 Å². The lowest BCUT2D eigenvalue weighted by Crippen LogP contribution is -2.39. The van der Waals surface area contributed by atoms with Crippen molar-refractivity contribution in [3.05, 3.63) is 16.6 Å². The molecule has 0 aromatic carbocycles. The van der Waals surface area contributed by atoms with Crippen LogP contribution in [0, 0.1) is 12.3 Å². The first-order valence-corrected chi connectivity index (χ1v) is 8.10. The van der Waals surface area contributed by atoms with Gasteiger partial charge in [-0.25, -0.2) is 0 Å². The van der Waals surface area contributed by atoms with E-state index in [1.54, 1.807) is 0 Å². The standard InChI is InChI=1S/C15H23N3O2S/c1-5-15(6-2,9-19)8-16-13(20)12-7-11-10(3)17-18(4)14(11)21-12/h7,19H,5-6,8-9H2,1-4H3,(H,16,20). The molecule has 0 saturated carbocycles. The van der Waals surface area contributed by atoms with Gasteiger partial charge in [0.1, 0.15) is 4.83 Å². The Morgan fingerprint density at radius 3 is 2.67 bits per heavy atom. The summed E-state index contributed by atoms with van der Waals surface area (Å²) in [6.45, 7) is 6.62. The molecule has 2 rings (SSSR count). The monoisotopic (exact) mass is 309 g/mol. The van der Waals surface area contributed by atoms with Crippen molar-refractivity contribution in [2.24, 2.45) is 12.5 Å². The van der Waals surface area contributed by atoms with Gasteiger partial charge in [-0.1, -0.05) is 13.8 Å². The first kappa shape index (κ1) is 16.0. The molecule has 0 unspecified atom stereocenters. The van der Waals surface area contributed by atoms with Crippen LogP contribution in [0.25, 0.3) is 10.2 Å². The number of thiophene rings is 1. The largest absolute Gasteiger partial charge is 0.396 e. The second-order valence-corrected chi connectivity index (χ2v) is 6.62. The third kappa shape index (κ3) is 2.96. The van der Waals surface area contributed by atoms with E-state index in [0.29, 0.717) is 11.4 Å². The summed E-state index contributed by atoms with van der Waals surface area (Å²) in [6.07, 6.45) is 1.69. The van der Waals surface area contributed by atoms with Gasteiger partial charge in [-0.05, 0) is 25.8 Å². The smallest absolute Gasteiger partial charge is 0.261 e. The Balaban J connectivity index is 2.14. The molecule has 2 N–H and O–H groups in total. The Morgan fingerprint density at radius 2 is 2.14 bits per heavy atom. The van der Waals surface area contributed by atoms with Crippen molar-refractivity contribution in [2.45, 2.75) is 33.6 Å². The van der Waals surface area contributed by atoms with Gasteiger partial charge in [-0.2, -0.15) is 5.10 Å². The van der Waals surface area contributed by atoms with Gasteiger partial charge < -0.3 is 10.4 Å². The van der Waals surface area contributed by atoms with Crippen LogP contribution in [0.4, 0.5) is 0 Å². The normalized spacial score (nSPS) is 12.0. The van der Waals surface area contributed by atoms with Gasteiger partial charge in [0, 0.05) is 24.4 Å². The Hall–Kier alpha value is -1.40. The number of nitrogens with zero attached hydrogens (tertiary/aromatic N) is 2. The average Bonchev–Trinajstić information content (AvgIpc) is 3.03. The van der Waals surface area contributed by atoms with Gasteiger partial charge in [-0.15, -0.1) is 11.3 Å². The van der Waals surface area contributed by atoms with Crippen molar-refractivity contribution in [3.63, 3.8) is 0 Å². The molecule has 2 aromatic rings. The maximum Gasteiger partial charge on any atom is 0.261 e. The average molecular weight is 309 g/mol. The van der Waals surface area contributed by atoms with Gasteiger partial charge in [0.15, 0.2) is 0 Å². The van der Waals surface area contributed by atoms with Gasteiger partial charge in [-0.3, -0.25) is 9.48 Å². The number of hydrogen-bond acceptors (Lipinski definition) is 4. The Bertz CT molecular complexity index is 598. The molecule has 21 heavy (non-hydrogen) atoms. The van der Waals surface area contributed by atoms with Crippen LogP contribution in [0.15, 0.2) is 6.07 Å². The fraction of sp³-hybridized carbons (Fsp3) is 0.600. The summed E-state index contributed by atoms with van der Waals surface area (Å²) in [5.41, 5.74) is 0.721. The predicted octanol–water partition coefficient (Wildman–Crippen LogP) is 2.47. The fourth-order valence-corrected chi connectivity index (χ4v) is 3.49. The number of aromatic nitrogens is 2. The number of aliphatic hydroxyl groups excluding tert-OH is 1. The van der Waals surface area contributed by atoms with E-state index >= 15 is 0 Å². The van der Waals surface area contributed by atoms with Gasteiger partial charge >= 0.3 is 0 Å². The van der Waals surface area contributed by atoms with E-state index in [1.807, 2.05) is 38.6 Å². The zero-order valence-corrected chi connectivity index (χ0v) is 13.9. The maximum atomic E-state index is 12.3. The molecule has 6 heteroatoms. The number of carbonyl (C=O) groups excluding carboxylic acids is 1. The molecule has 0 saturated heterocycles. The lowest BCUT2D eigenvalue weighted by Gasteiger charge is -2.29. The molecule has 0 aliphatic rings. The minimum Gasteiger partial charge on any atom is -0.396 e. The molecule has 0 aliphatic heterocycles. The lowest BCUT2D eigenvalue weighted by molar-refractivity contribution is 0.0854. The van der Waals surface area contributed by atoms with Crippen molar-refractivity contribution < 1.29 is 9.90 Å². The second-order valence-electron chi connectivity index (χ2n) is 5.59. The van der Waals surface area contributed by atoms with E-state index in [2.05, 4.69) is 10.4 Å². The number of aliphatic hydroxyl groups is 1. The predicted molar refractivity (Wildman–Crippen MR) is 85.8 cm³/mol. The minimum atomic E-state index is -0.218. The summed E-state index contributed by atoms with van der Waals surface area (Å²) in [4.78, 5) is 14.0. The number of fused-ring (bicyclic) bond motifs is 1. The molecule has 0 radical (unpaired) electrons. The highest BCUT2D eigenvalue weighted by molar-refractivity contribution is 7.20. The SMILES string of the molecule is CCC(CC)(CO)CNC(=O)c1cc2c(C)nn(C)c2s1. The van der Waals surface area contributed by atoms with Crippen molar-refractivity contribution in [2.75, 3.05) is 13.2 Å². The Morgan fingerprint density at radius 1 is 1.48 bits per heavy atom. The minimum absolute atomic E-state index is 0.0738. The highest BCUT2D eigenvalue weighted by Gasteiger charge is 2.26. The summed E-state index contributed by atoms with van der Waals surface area (Å²) in [6, 6.07) is 1.90. The van der Waals surface area contributed by atoms with Crippen molar-refractivity contribution in [3.8, 4) is 0 Å². The van der Waals surface area contributed by atoms with Crippen LogP contribution < -0.4 is 5.32 Å². The van der Waals surface area contributed by atoms with E-state index in [4.69, 9.17) is 0 Å². The number of hydrogen-bond donors (Lipinski definition) is 2. The van der Waals surface area contributed by atoms with Crippen LogP contribution in [0.3, 0.4) is 0 Å². The fourth-order valence-electron chi connectivity index (χ4n) is 2.45.